The Morgan fingerprint density at radius 3 is 1.40 bits per heavy atom. The van der Waals surface area contributed by atoms with Crippen LogP contribution in [0.1, 0.15) is 32.8 Å². The third-order valence-corrected chi connectivity index (χ3v) is 27.4. The number of benzene rings is 9. The van der Waals surface area contributed by atoms with Crippen LogP contribution in [0, 0.1) is 12.7 Å². The summed E-state index contributed by atoms with van der Waals surface area (Å²) in [4.78, 5) is 0. The molecule has 10 aromatic rings. The summed E-state index contributed by atoms with van der Waals surface area (Å²) in [6, 6.07) is 90.4. The normalized spacial score (nSPS) is 16.6. The average molecular weight is 1100 g/mol. The van der Waals surface area contributed by atoms with Crippen molar-refractivity contribution in [2.75, 3.05) is 0 Å². The van der Waals surface area contributed by atoms with E-state index < -0.39 is 20.7 Å². The standard InChI is InChI=1S/C19H16P.C19H18P.C19H16P.C13H10P.2CH4.B.4Li/c1-20(15-9-3-2-4-10-15)18-13-7-5-11-16(18)17-12-6-8-14-19(17)20;2*1-20(17-11-5-2-6-12-17,18-13-7-3-8-14-18)19-15-9-4-10-16-19;1-14-12-8-4-2-6-10(12)11-7-3-5-9-13(11)14;;;;;;;/h1-14,16,18H;1-15,19H,16H2;2-15H,1H2;2-9H,1H2;2*1H4;;;;;/q4*-1;;;;4*+1. The predicted molar refractivity (Wildman–Crippen MR) is 357 cm³/mol. The molecule has 13 rings (SSSR count). The largest absolute Gasteiger partial charge is 1.00 e. The molecule has 9 heteroatoms. The molecule has 0 N–H and O–H groups in total. The molecule has 9 aromatic carbocycles. The van der Waals surface area contributed by atoms with Crippen molar-refractivity contribution in [3.8, 4) is 0 Å². The average Bonchev–Trinajstić information content (AvgIpc) is 4.08. The minimum absolute atomic E-state index is 0. The van der Waals surface area contributed by atoms with Gasteiger partial charge in [-0.2, -0.15) is 30.3 Å². The summed E-state index contributed by atoms with van der Waals surface area (Å²) in [5.41, 5.74) is 2.21. The minimum atomic E-state index is -1.89. The third-order valence-electron chi connectivity index (χ3n) is 14.5. The van der Waals surface area contributed by atoms with Crippen LogP contribution in [0.2, 0.25) is 0 Å². The molecule has 3 aliphatic rings. The van der Waals surface area contributed by atoms with Crippen molar-refractivity contribution in [3.63, 3.8) is 0 Å². The maximum atomic E-state index is 7.07. The topological polar surface area (TPSA) is 0 Å². The zero-order valence-electron chi connectivity index (χ0n) is 46.2. The molecule has 1 aliphatic heterocycles. The van der Waals surface area contributed by atoms with Crippen molar-refractivity contribution in [2.45, 2.75) is 38.5 Å². The molecule has 0 bridgehead atoms. The molecule has 0 spiro atoms. The molecule has 3 radical (unpaired) electrons. The van der Waals surface area contributed by atoms with Crippen molar-refractivity contribution in [1.29, 1.82) is 0 Å². The van der Waals surface area contributed by atoms with E-state index in [2.05, 4.69) is 292 Å². The van der Waals surface area contributed by atoms with Gasteiger partial charge >= 0.3 is 75.4 Å². The molecule has 1 aromatic heterocycles. The van der Waals surface area contributed by atoms with Gasteiger partial charge in [-0.05, 0) is 60.2 Å². The van der Waals surface area contributed by atoms with E-state index in [0.717, 1.165) is 6.42 Å². The fourth-order valence-electron chi connectivity index (χ4n) is 10.7. The third kappa shape index (κ3) is 14.9. The molecule has 0 amide bonds. The van der Waals surface area contributed by atoms with Crippen LogP contribution >= 0.6 is 28.2 Å². The van der Waals surface area contributed by atoms with Gasteiger partial charge in [0.05, 0.1) is 0 Å². The van der Waals surface area contributed by atoms with Gasteiger partial charge < -0.3 is 12.6 Å². The van der Waals surface area contributed by atoms with Crippen LogP contribution in [-0.4, -0.2) is 38.6 Å². The maximum absolute atomic E-state index is 7.07. The summed E-state index contributed by atoms with van der Waals surface area (Å²) in [7, 11) is -0.347. The Kier molecular flexibility index (Phi) is 29.0. The summed E-state index contributed by atoms with van der Waals surface area (Å²) < 4.78 is 0. The van der Waals surface area contributed by atoms with Crippen molar-refractivity contribution in [2.24, 2.45) is 0 Å². The monoisotopic (exact) mass is 1100 g/mol. The number of allylic oxidation sites excluding steroid dienone is 8. The van der Waals surface area contributed by atoms with Gasteiger partial charge in [-0.3, -0.25) is 14.2 Å². The molecular weight excluding hydrogens is 1030 g/mol. The second kappa shape index (κ2) is 33.2. The zero-order chi connectivity index (χ0) is 50.8. The predicted octanol–water partition coefficient (Wildman–Crippen LogP) is 4.14. The summed E-state index contributed by atoms with van der Waals surface area (Å²) in [5.74, 6) is 0.440. The summed E-state index contributed by atoms with van der Waals surface area (Å²) in [5, 5.41) is 14.6. The van der Waals surface area contributed by atoms with Crippen LogP contribution in [0.15, 0.2) is 297 Å². The van der Waals surface area contributed by atoms with Crippen LogP contribution in [0.4, 0.5) is 0 Å². The maximum Gasteiger partial charge on any atom is 1.00 e. The van der Waals surface area contributed by atoms with E-state index in [1.165, 1.54) is 63.7 Å². The fraction of sp³-hybridized carbons (Fsp3) is 0.0833. The Bertz CT molecular complexity index is 3510. The number of fused-ring (bicyclic) bond motifs is 6. The van der Waals surface area contributed by atoms with Crippen molar-refractivity contribution < 1.29 is 75.4 Å². The Hall–Kier alpha value is -4.41. The number of rotatable bonds is 7. The molecular formula is C72H68BLi4P4. The molecule has 0 fully saturated rings. The molecule has 0 nitrogen and oxygen atoms in total. The van der Waals surface area contributed by atoms with Gasteiger partial charge in [0, 0.05) is 14.3 Å². The minimum Gasteiger partial charge on any atom is -0.500 e. The zero-order valence-corrected chi connectivity index (χ0v) is 49.7. The number of hydrogen-bond acceptors (Lipinski definition) is 0. The summed E-state index contributed by atoms with van der Waals surface area (Å²) >= 11 is 0. The van der Waals surface area contributed by atoms with Crippen LogP contribution < -0.4 is 113 Å². The van der Waals surface area contributed by atoms with Crippen molar-refractivity contribution in [3.05, 3.63) is 316 Å². The number of hydrogen-bond donors (Lipinski definition) is 0. The molecule has 4 atom stereocenters. The second-order valence-corrected chi connectivity index (χ2v) is 30.1. The van der Waals surface area contributed by atoms with Crippen LogP contribution in [0.3, 0.4) is 0 Å². The molecule has 2 aliphatic carbocycles. The van der Waals surface area contributed by atoms with E-state index in [1.54, 1.807) is 0 Å². The SMILES string of the molecule is C.C.C=P(c1[c-]cccc1)(c1ccccc1)c1ccccc1.[B].[CH-]=P(c1ccccc1)(c1ccccc1)C1C=CC=CC1.[CH-]=P1(c2ccccc2)c2ccccc2C2C=CC=CC21.[CH2-]p1c2ccccc2c2ccccc21.[Li+].[Li+].[Li+].[Li+]. The molecule has 383 valence electrons. The van der Waals surface area contributed by atoms with E-state index in [9.17, 15) is 0 Å². The van der Waals surface area contributed by atoms with Crippen LogP contribution in [0.5, 0.6) is 0 Å². The molecule has 4 unspecified atom stereocenters. The molecule has 81 heavy (non-hydrogen) atoms. The summed E-state index contributed by atoms with van der Waals surface area (Å²) in [6.45, 7) is -1.27. The van der Waals surface area contributed by atoms with Gasteiger partial charge in [-0.1, -0.05) is 317 Å². The molecule has 0 saturated heterocycles. The Morgan fingerprint density at radius 1 is 0.494 bits per heavy atom. The van der Waals surface area contributed by atoms with E-state index in [4.69, 9.17) is 12.6 Å². The van der Waals surface area contributed by atoms with E-state index in [0.29, 0.717) is 17.2 Å². The molecule has 2 heterocycles. The first-order valence-corrected chi connectivity index (χ1v) is 32.6. The second-order valence-electron chi connectivity index (χ2n) is 18.7. The van der Waals surface area contributed by atoms with E-state index >= 15 is 0 Å². The quantitative estimate of drug-likeness (QED) is 0.128. The smallest absolute Gasteiger partial charge is 0.500 e. The van der Waals surface area contributed by atoms with Gasteiger partial charge in [0.15, 0.2) is 0 Å². The van der Waals surface area contributed by atoms with Gasteiger partial charge in [0.1, 0.15) is 0 Å². The van der Waals surface area contributed by atoms with Gasteiger partial charge in [-0.25, -0.2) is 13.8 Å². The molecule has 0 saturated carbocycles. The van der Waals surface area contributed by atoms with Crippen molar-refractivity contribution >= 4 is 114 Å². The first-order valence-electron chi connectivity index (χ1n) is 25.2. The first-order chi connectivity index (χ1) is 36.3. The summed E-state index contributed by atoms with van der Waals surface area (Å²) in [6.07, 6.45) is 37.4. The van der Waals surface area contributed by atoms with Gasteiger partial charge in [0.2, 0.25) is 0 Å². The van der Waals surface area contributed by atoms with Crippen LogP contribution in [0.25, 0.3) is 21.0 Å². The van der Waals surface area contributed by atoms with Crippen molar-refractivity contribution in [1.82, 2.24) is 0 Å². The van der Waals surface area contributed by atoms with E-state index in [1.807, 2.05) is 24.3 Å². The van der Waals surface area contributed by atoms with Gasteiger partial charge in [0.25, 0.3) is 0 Å². The van der Waals surface area contributed by atoms with Crippen LogP contribution in [-0.2, 0) is 0 Å². The Morgan fingerprint density at radius 2 is 0.914 bits per heavy atom. The fourth-order valence-corrected chi connectivity index (χ4v) is 22.3. The Balaban J connectivity index is 0.000000277. The first kappa shape index (κ1) is 70.9. The Labute approximate surface area is 538 Å². The van der Waals surface area contributed by atoms with E-state index in [-0.39, 0.29) is 106 Å². The van der Waals surface area contributed by atoms with Gasteiger partial charge in [-0.15, -0.1) is 5.30 Å².